The number of nitrogens with one attached hydrogen (secondary N) is 1. The standard InChI is InChI=1S/C15H13BrN2OS2/c1-8-6-12(20-13(8)16)14(19)18-15-10(7-17)9-4-2-3-5-11(9)21-15/h6H,2-5H2,1H3,(H,18,19). The smallest absolute Gasteiger partial charge is 0.266 e. The zero-order chi connectivity index (χ0) is 15.0. The summed E-state index contributed by atoms with van der Waals surface area (Å²) in [4.78, 5) is 14.3. The van der Waals surface area contributed by atoms with E-state index in [1.165, 1.54) is 22.6 Å². The summed E-state index contributed by atoms with van der Waals surface area (Å²) in [5.41, 5.74) is 2.86. The number of nitrogens with zero attached hydrogens (tertiary/aromatic N) is 1. The summed E-state index contributed by atoms with van der Waals surface area (Å²) in [6.07, 6.45) is 4.27. The number of anilines is 1. The van der Waals surface area contributed by atoms with Crippen LogP contribution in [0.1, 0.15) is 44.1 Å². The molecule has 0 saturated heterocycles. The monoisotopic (exact) mass is 380 g/mol. The van der Waals surface area contributed by atoms with Crippen LogP contribution in [0.15, 0.2) is 9.85 Å². The number of halogens is 1. The van der Waals surface area contributed by atoms with Crippen molar-refractivity contribution in [1.29, 1.82) is 5.26 Å². The third-order valence-electron chi connectivity index (χ3n) is 3.59. The molecule has 2 aromatic rings. The first-order valence-electron chi connectivity index (χ1n) is 6.72. The Balaban J connectivity index is 1.90. The van der Waals surface area contributed by atoms with Gasteiger partial charge in [0.05, 0.1) is 14.2 Å². The maximum Gasteiger partial charge on any atom is 0.266 e. The highest BCUT2D eigenvalue weighted by Gasteiger charge is 2.22. The van der Waals surface area contributed by atoms with Crippen LogP contribution in [0, 0.1) is 18.3 Å². The summed E-state index contributed by atoms with van der Waals surface area (Å²) in [7, 11) is 0. The molecule has 0 fully saturated rings. The van der Waals surface area contributed by atoms with Crippen molar-refractivity contribution >= 4 is 49.5 Å². The van der Waals surface area contributed by atoms with Crippen molar-refractivity contribution in [3.05, 3.63) is 36.3 Å². The Kier molecular flexibility index (Phi) is 4.16. The molecule has 0 bridgehead atoms. The van der Waals surface area contributed by atoms with Crippen molar-refractivity contribution in [1.82, 2.24) is 0 Å². The van der Waals surface area contributed by atoms with Crippen LogP contribution in [-0.2, 0) is 12.8 Å². The van der Waals surface area contributed by atoms with Crippen molar-refractivity contribution in [3.63, 3.8) is 0 Å². The Morgan fingerprint density at radius 1 is 1.38 bits per heavy atom. The minimum Gasteiger partial charge on any atom is -0.312 e. The van der Waals surface area contributed by atoms with Crippen molar-refractivity contribution in [2.45, 2.75) is 32.6 Å². The number of carbonyl (C=O) groups is 1. The first-order chi connectivity index (χ1) is 10.1. The molecular weight excluding hydrogens is 368 g/mol. The number of hydrogen-bond acceptors (Lipinski definition) is 4. The van der Waals surface area contributed by atoms with E-state index in [1.807, 2.05) is 13.0 Å². The molecule has 0 aromatic carbocycles. The van der Waals surface area contributed by atoms with Gasteiger partial charge in [-0.3, -0.25) is 4.79 Å². The molecule has 108 valence electrons. The van der Waals surface area contributed by atoms with Crippen LogP contribution in [0.5, 0.6) is 0 Å². The number of carbonyl (C=O) groups excluding carboxylic acids is 1. The highest BCUT2D eigenvalue weighted by molar-refractivity contribution is 9.11. The molecule has 1 amide bonds. The lowest BCUT2D eigenvalue weighted by atomic mass is 9.96. The molecule has 0 unspecified atom stereocenters. The second-order valence-corrected chi connectivity index (χ2v) is 8.52. The average molecular weight is 381 g/mol. The van der Waals surface area contributed by atoms with E-state index in [4.69, 9.17) is 0 Å². The van der Waals surface area contributed by atoms with E-state index in [1.54, 1.807) is 11.3 Å². The Hall–Kier alpha value is -1.16. The van der Waals surface area contributed by atoms with Gasteiger partial charge < -0.3 is 5.32 Å². The molecule has 2 heterocycles. The second kappa shape index (κ2) is 5.91. The molecule has 1 aliphatic carbocycles. The Bertz CT molecular complexity index is 735. The maximum atomic E-state index is 12.3. The molecule has 2 aromatic heterocycles. The predicted octanol–water partition coefficient (Wildman–Crippen LogP) is 4.88. The van der Waals surface area contributed by atoms with Gasteiger partial charge in [-0.05, 0) is 65.7 Å². The lowest BCUT2D eigenvalue weighted by Gasteiger charge is -2.09. The summed E-state index contributed by atoms with van der Waals surface area (Å²) >= 11 is 6.41. The van der Waals surface area contributed by atoms with Gasteiger partial charge in [0.2, 0.25) is 0 Å². The van der Waals surface area contributed by atoms with Crippen LogP contribution >= 0.6 is 38.6 Å². The predicted molar refractivity (Wildman–Crippen MR) is 90.4 cm³/mol. The van der Waals surface area contributed by atoms with Crippen LogP contribution in [0.4, 0.5) is 5.00 Å². The number of thiophene rings is 2. The van der Waals surface area contributed by atoms with E-state index >= 15 is 0 Å². The fourth-order valence-corrected chi connectivity index (χ4v) is 5.17. The minimum atomic E-state index is -0.135. The first-order valence-corrected chi connectivity index (χ1v) is 9.14. The fraction of sp³-hybridized carbons (Fsp3) is 0.333. The molecule has 0 spiro atoms. The lowest BCUT2D eigenvalue weighted by molar-refractivity contribution is 0.103. The Labute approximate surface area is 139 Å². The molecule has 3 rings (SSSR count). The van der Waals surface area contributed by atoms with Crippen LogP contribution in [0.2, 0.25) is 0 Å². The third kappa shape index (κ3) is 2.78. The molecule has 0 saturated carbocycles. The molecule has 3 nitrogen and oxygen atoms in total. The van der Waals surface area contributed by atoms with Gasteiger partial charge in [-0.15, -0.1) is 22.7 Å². The van der Waals surface area contributed by atoms with Crippen molar-refractivity contribution < 1.29 is 4.79 Å². The summed E-state index contributed by atoms with van der Waals surface area (Å²) in [5, 5.41) is 13.0. The number of nitriles is 1. The number of aryl methyl sites for hydroxylation is 2. The summed E-state index contributed by atoms with van der Waals surface area (Å²) in [6, 6.07) is 4.13. The molecule has 6 heteroatoms. The largest absolute Gasteiger partial charge is 0.312 e. The number of amides is 1. The van der Waals surface area contributed by atoms with Gasteiger partial charge in [0.15, 0.2) is 0 Å². The van der Waals surface area contributed by atoms with Crippen LogP contribution in [-0.4, -0.2) is 5.91 Å². The van der Waals surface area contributed by atoms with Gasteiger partial charge in [-0.25, -0.2) is 0 Å². The molecule has 0 aliphatic heterocycles. The molecule has 0 radical (unpaired) electrons. The van der Waals surface area contributed by atoms with E-state index in [2.05, 4.69) is 27.3 Å². The van der Waals surface area contributed by atoms with Gasteiger partial charge in [0.1, 0.15) is 11.1 Å². The summed E-state index contributed by atoms with van der Waals surface area (Å²) in [6.45, 7) is 1.96. The number of rotatable bonds is 2. The van der Waals surface area contributed by atoms with Crippen molar-refractivity contribution in [3.8, 4) is 6.07 Å². The summed E-state index contributed by atoms with van der Waals surface area (Å²) in [5.74, 6) is -0.135. The Morgan fingerprint density at radius 2 is 2.14 bits per heavy atom. The Morgan fingerprint density at radius 3 is 2.81 bits per heavy atom. The van der Waals surface area contributed by atoms with Crippen LogP contribution in [0.25, 0.3) is 0 Å². The third-order valence-corrected chi connectivity index (χ3v) is 6.93. The minimum absolute atomic E-state index is 0.135. The van der Waals surface area contributed by atoms with Crippen LogP contribution in [0.3, 0.4) is 0 Å². The van der Waals surface area contributed by atoms with E-state index in [0.717, 1.165) is 34.2 Å². The molecule has 0 atom stereocenters. The average Bonchev–Trinajstić information content (AvgIpc) is 2.99. The van der Waals surface area contributed by atoms with Gasteiger partial charge in [0.25, 0.3) is 5.91 Å². The molecule has 21 heavy (non-hydrogen) atoms. The zero-order valence-corrected chi connectivity index (χ0v) is 14.7. The van der Waals surface area contributed by atoms with E-state index < -0.39 is 0 Å². The first kappa shape index (κ1) is 14.8. The highest BCUT2D eigenvalue weighted by atomic mass is 79.9. The van der Waals surface area contributed by atoms with Gasteiger partial charge in [-0.2, -0.15) is 5.26 Å². The van der Waals surface area contributed by atoms with Crippen molar-refractivity contribution in [2.24, 2.45) is 0 Å². The van der Waals surface area contributed by atoms with Gasteiger partial charge in [-0.1, -0.05) is 0 Å². The number of fused-ring (bicyclic) bond motifs is 1. The van der Waals surface area contributed by atoms with E-state index in [0.29, 0.717) is 15.4 Å². The lowest BCUT2D eigenvalue weighted by Crippen LogP contribution is -2.10. The second-order valence-electron chi connectivity index (χ2n) is 5.05. The normalized spacial score (nSPS) is 13.6. The maximum absolute atomic E-state index is 12.3. The molecule has 1 N–H and O–H groups in total. The summed E-state index contributed by atoms with van der Waals surface area (Å²) < 4.78 is 0.971. The topological polar surface area (TPSA) is 52.9 Å². The zero-order valence-electron chi connectivity index (χ0n) is 11.5. The van der Waals surface area contributed by atoms with E-state index in [-0.39, 0.29) is 5.91 Å². The van der Waals surface area contributed by atoms with E-state index in [9.17, 15) is 10.1 Å². The SMILES string of the molecule is Cc1cc(C(=O)Nc2sc3c(c2C#N)CCCC3)sc1Br. The van der Waals surface area contributed by atoms with Gasteiger partial charge >= 0.3 is 0 Å². The molecular formula is C15H13BrN2OS2. The van der Waals surface area contributed by atoms with Gasteiger partial charge in [0, 0.05) is 4.88 Å². The quantitative estimate of drug-likeness (QED) is 0.806. The fourth-order valence-electron chi connectivity index (χ4n) is 2.51. The van der Waals surface area contributed by atoms with Crippen LogP contribution < -0.4 is 5.32 Å². The highest BCUT2D eigenvalue weighted by Crippen LogP contribution is 2.38. The number of hydrogen-bond donors (Lipinski definition) is 1. The molecule has 1 aliphatic rings. The van der Waals surface area contributed by atoms with Crippen molar-refractivity contribution in [2.75, 3.05) is 5.32 Å².